The van der Waals surface area contributed by atoms with Gasteiger partial charge in [-0.15, -0.1) is 0 Å². The van der Waals surface area contributed by atoms with Gasteiger partial charge in [-0.1, -0.05) is 13.8 Å². The van der Waals surface area contributed by atoms with Crippen molar-refractivity contribution < 1.29 is 0 Å². The molecule has 0 N–H and O–H groups in total. The lowest BCUT2D eigenvalue weighted by Gasteiger charge is -2.20. The third kappa shape index (κ3) is 2.08. The molecule has 1 heterocycles. The molecular weight excluding hydrogens is 162 g/mol. The van der Waals surface area contributed by atoms with E-state index in [9.17, 15) is 0 Å². The molecule has 1 aromatic rings. The van der Waals surface area contributed by atoms with Gasteiger partial charge >= 0.3 is 0 Å². The summed E-state index contributed by atoms with van der Waals surface area (Å²) in [6.45, 7) is 10.7. The van der Waals surface area contributed by atoms with Crippen molar-refractivity contribution in [3.63, 3.8) is 0 Å². The van der Waals surface area contributed by atoms with E-state index >= 15 is 0 Å². The van der Waals surface area contributed by atoms with Gasteiger partial charge in [0.15, 0.2) is 5.82 Å². The summed E-state index contributed by atoms with van der Waals surface area (Å²) >= 11 is 0. The van der Waals surface area contributed by atoms with E-state index in [1.54, 1.807) is 0 Å². The molecule has 0 aromatic carbocycles. The lowest BCUT2D eigenvalue weighted by atomic mass is 10.1. The maximum absolute atomic E-state index is 4.48. The third-order valence-corrected chi connectivity index (χ3v) is 1.99. The van der Waals surface area contributed by atoms with Gasteiger partial charge in [-0.05, 0) is 20.8 Å². The Labute approximate surface area is 80.2 Å². The summed E-state index contributed by atoms with van der Waals surface area (Å²) in [5.74, 6) is 2.04. The van der Waals surface area contributed by atoms with Crippen LogP contribution in [-0.2, 0) is 18.4 Å². The maximum Gasteiger partial charge on any atom is 0.150 e. The quantitative estimate of drug-likeness (QED) is 0.700. The number of nitrogens with zero attached hydrogens (tertiary/aromatic N) is 3. The van der Waals surface area contributed by atoms with Gasteiger partial charge in [-0.3, -0.25) is 0 Å². The third-order valence-electron chi connectivity index (χ3n) is 1.99. The maximum atomic E-state index is 4.48. The van der Waals surface area contributed by atoms with E-state index in [1.165, 1.54) is 0 Å². The van der Waals surface area contributed by atoms with Gasteiger partial charge in [0, 0.05) is 12.8 Å². The monoisotopic (exact) mass is 181 g/mol. The molecule has 0 fully saturated rings. The minimum Gasteiger partial charge on any atom is -0.245 e. The standard InChI is InChI=1S/C10H19N3/c1-6-8-11-9(7-2)13(12-8)10(3,4)5/h6-7H2,1-5H3. The summed E-state index contributed by atoms with van der Waals surface area (Å²) in [5.41, 5.74) is 0.0474. The van der Waals surface area contributed by atoms with Crippen LogP contribution < -0.4 is 0 Å². The van der Waals surface area contributed by atoms with Crippen LogP contribution in [0.15, 0.2) is 0 Å². The van der Waals surface area contributed by atoms with E-state index in [-0.39, 0.29) is 5.54 Å². The average molecular weight is 181 g/mol. The van der Waals surface area contributed by atoms with Gasteiger partial charge in [0.2, 0.25) is 0 Å². The van der Waals surface area contributed by atoms with Crippen LogP contribution in [0.3, 0.4) is 0 Å². The molecule has 74 valence electrons. The van der Waals surface area contributed by atoms with Gasteiger partial charge in [-0.2, -0.15) is 5.10 Å². The van der Waals surface area contributed by atoms with Crippen LogP contribution in [0.1, 0.15) is 46.3 Å². The lowest BCUT2D eigenvalue weighted by Crippen LogP contribution is -2.25. The van der Waals surface area contributed by atoms with Crippen LogP contribution in [0.25, 0.3) is 0 Å². The molecule has 0 aliphatic carbocycles. The molecule has 0 saturated heterocycles. The second kappa shape index (κ2) is 3.48. The van der Waals surface area contributed by atoms with Crippen LogP contribution in [0, 0.1) is 0 Å². The zero-order valence-corrected chi connectivity index (χ0v) is 9.26. The summed E-state index contributed by atoms with van der Waals surface area (Å²) in [6.07, 6.45) is 1.86. The van der Waals surface area contributed by atoms with E-state index in [2.05, 4.69) is 44.7 Å². The minimum atomic E-state index is 0.0474. The molecule has 0 unspecified atom stereocenters. The Hall–Kier alpha value is -0.860. The molecule has 0 spiro atoms. The molecule has 0 amide bonds. The summed E-state index contributed by atoms with van der Waals surface area (Å²) in [7, 11) is 0. The second-order valence-corrected chi connectivity index (χ2v) is 4.23. The van der Waals surface area contributed by atoms with E-state index in [0.29, 0.717) is 0 Å². The summed E-state index contributed by atoms with van der Waals surface area (Å²) in [5, 5.41) is 4.48. The Kier molecular flexibility index (Phi) is 2.74. The van der Waals surface area contributed by atoms with Crippen molar-refractivity contribution in [2.45, 2.75) is 53.0 Å². The number of hydrogen-bond acceptors (Lipinski definition) is 2. The van der Waals surface area contributed by atoms with Crippen molar-refractivity contribution in [3.05, 3.63) is 11.6 Å². The zero-order valence-electron chi connectivity index (χ0n) is 9.26. The second-order valence-electron chi connectivity index (χ2n) is 4.23. The molecule has 0 aliphatic heterocycles. The first-order chi connectivity index (χ1) is 5.99. The molecule has 13 heavy (non-hydrogen) atoms. The molecule has 1 aromatic heterocycles. The lowest BCUT2D eigenvalue weighted by molar-refractivity contribution is 0.341. The van der Waals surface area contributed by atoms with E-state index < -0.39 is 0 Å². The molecule has 0 aliphatic rings. The normalized spacial score (nSPS) is 12.1. The smallest absolute Gasteiger partial charge is 0.150 e. The van der Waals surface area contributed by atoms with Crippen LogP contribution in [0.2, 0.25) is 0 Å². The first-order valence-corrected chi connectivity index (χ1v) is 4.94. The fraction of sp³-hybridized carbons (Fsp3) is 0.800. The highest BCUT2D eigenvalue weighted by Crippen LogP contribution is 2.15. The van der Waals surface area contributed by atoms with Crippen molar-refractivity contribution in [3.8, 4) is 0 Å². The van der Waals surface area contributed by atoms with Crippen molar-refractivity contribution in [2.24, 2.45) is 0 Å². The topological polar surface area (TPSA) is 30.7 Å². The molecule has 0 atom stereocenters. The van der Waals surface area contributed by atoms with Crippen molar-refractivity contribution >= 4 is 0 Å². The average Bonchev–Trinajstić information content (AvgIpc) is 2.46. The molecule has 0 radical (unpaired) electrons. The zero-order chi connectivity index (χ0) is 10.1. The fourth-order valence-electron chi connectivity index (χ4n) is 1.31. The van der Waals surface area contributed by atoms with Gasteiger partial charge in [0.1, 0.15) is 5.82 Å². The van der Waals surface area contributed by atoms with Crippen LogP contribution in [-0.4, -0.2) is 14.8 Å². The number of aromatic nitrogens is 3. The summed E-state index contributed by atoms with van der Waals surface area (Å²) in [4.78, 5) is 4.47. The van der Waals surface area contributed by atoms with E-state index in [4.69, 9.17) is 0 Å². The summed E-state index contributed by atoms with van der Waals surface area (Å²) < 4.78 is 2.03. The Balaban J connectivity index is 3.11. The Morgan fingerprint density at radius 2 is 1.77 bits per heavy atom. The molecule has 0 saturated carbocycles. The number of hydrogen-bond donors (Lipinski definition) is 0. The predicted molar refractivity (Wildman–Crippen MR) is 53.8 cm³/mol. The van der Waals surface area contributed by atoms with Gasteiger partial charge in [0.25, 0.3) is 0 Å². The number of rotatable bonds is 2. The Bertz CT molecular complexity index is 281. The first kappa shape index (κ1) is 10.2. The molecule has 3 nitrogen and oxygen atoms in total. The highest BCUT2D eigenvalue weighted by molar-refractivity contribution is 4.96. The van der Waals surface area contributed by atoms with Gasteiger partial charge < -0.3 is 0 Å². The Morgan fingerprint density at radius 1 is 1.15 bits per heavy atom. The summed E-state index contributed by atoms with van der Waals surface area (Å²) in [6, 6.07) is 0. The van der Waals surface area contributed by atoms with Gasteiger partial charge in [0.05, 0.1) is 5.54 Å². The fourth-order valence-corrected chi connectivity index (χ4v) is 1.31. The molecule has 0 bridgehead atoms. The molecular formula is C10H19N3. The van der Waals surface area contributed by atoms with Crippen molar-refractivity contribution in [1.29, 1.82) is 0 Å². The van der Waals surface area contributed by atoms with E-state index in [0.717, 1.165) is 24.5 Å². The van der Waals surface area contributed by atoms with Crippen LogP contribution in [0.5, 0.6) is 0 Å². The Morgan fingerprint density at radius 3 is 2.08 bits per heavy atom. The molecule has 3 heteroatoms. The number of aryl methyl sites for hydroxylation is 2. The van der Waals surface area contributed by atoms with Crippen LogP contribution in [0.4, 0.5) is 0 Å². The highest BCUT2D eigenvalue weighted by atomic mass is 15.4. The SMILES string of the molecule is CCc1nc(CC)n(C(C)(C)C)n1. The molecule has 1 rings (SSSR count). The van der Waals surface area contributed by atoms with Crippen LogP contribution >= 0.6 is 0 Å². The van der Waals surface area contributed by atoms with E-state index in [1.807, 2.05) is 4.68 Å². The predicted octanol–water partition coefficient (Wildman–Crippen LogP) is 2.16. The van der Waals surface area contributed by atoms with Crippen molar-refractivity contribution in [2.75, 3.05) is 0 Å². The highest BCUT2D eigenvalue weighted by Gasteiger charge is 2.18. The largest absolute Gasteiger partial charge is 0.245 e. The minimum absolute atomic E-state index is 0.0474. The van der Waals surface area contributed by atoms with Crippen molar-refractivity contribution in [1.82, 2.24) is 14.8 Å². The first-order valence-electron chi connectivity index (χ1n) is 4.94. The van der Waals surface area contributed by atoms with Gasteiger partial charge in [-0.25, -0.2) is 9.67 Å².